The molecule has 0 spiro atoms. The van der Waals surface area contributed by atoms with Crippen LogP contribution in [0.25, 0.3) is 10.9 Å². The summed E-state index contributed by atoms with van der Waals surface area (Å²) in [6.45, 7) is 7.03. The van der Waals surface area contributed by atoms with Gasteiger partial charge >= 0.3 is 6.09 Å². The highest BCUT2D eigenvalue weighted by atomic mass is 16.6. The van der Waals surface area contributed by atoms with Gasteiger partial charge in [-0.15, -0.1) is 0 Å². The number of amides is 2. The lowest BCUT2D eigenvalue weighted by atomic mass is 10.1. The summed E-state index contributed by atoms with van der Waals surface area (Å²) in [5.74, 6) is -0.168. The number of carbonyl (C=O) groups is 2. The van der Waals surface area contributed by atoms with E-state index in [2.05, 4.69) is 4.98 Å². The Labute approximate surface area is 156 Å². The summed E-state index contributed by atoms with van der Waals surface area (Å²) < 4.78 is 5.36. The van der Waals surface area contributed by atoms with Crippen molar-refractivity contribution in [1.29, 1.82) is 0 Å². The summed E-state index contributed by atoms with van der Waals surface area (Å²) in [4.78, 5) is 41.5. The van der Waals surface area contributed by atoms with Crippen LogP contribution in [0.2, 0.25) is 0 Å². The molecule has 1 aromatic heterocycles. The molecule has 27 heavy (non-hydrogen) atoms. The number of nitro benzene ring substituents is 1. The Hall–Kier alpha value is -3.10. The third-order valence-corrected chi connectivity index (χ3v) is 4.33. The summed E-state index contributed by atoms with van der Waals surface area (Å²) >= 11 is 0. The molecule has 0 saturated carbocycles. The van der Waals surface area contributed by atoms with Crippen LogP contribution in [-0.2, 0) is 4.74 Å². The molecule has 1 aromatic carbocycles. The minimum atomic E-state index is -0.559. The van der Waals surface area contributed by atoms with Gasteiger partial charge in [0, 0.05) is 49.9 Å². The van der Waals surface area contributed by atoms with E-state index in [0.717, 1.165) is 0 Å². The quantitative estimate of drug-likeness (QED) is 0.642. The maximum absolute atomic E-state index is 12.8. The van der Waals surface area contributed by atoms with Crippen molar-refractivity contribution >= 4 is 28.6 Å². The first-order valence-electron chi connectivity index (χ1n) is 8.68. The van der Waals surface area contributed by atoms with E-state index in [1.165, 1.54) is 12.1 Å². The van der Waals surface area contributed by atoms with Gasteiger partial charge in [0.15, 0.2) is 0 Å². The number of carbonyl (C=O) groups excluding carboxylic acids is 2. The molecule has 0 atom stereocenters. The molecule has 1 fully saturated rings. The monoisotopic (exact) mass is 374 g/mol. The highest BCUT2D eigenvalue weighted by molar-refractivity contribution is 6.07. The second kappa shape index (κ2) is 6.90. The minimum Gasteiger partial charge on any atom is -0.444 e. The SMILES string of the molecule is CC(C)(C)OC(=O)N1CCN(C(=O)c2c[nH]c3cc([N+](=O)[O-])ccc23)CC1. The van der Waals surface area contributed by atoms with Crippen LogP contribution in [0.5, 0.6) is 0 Å². The third-order valence-electron chi connectivity index (χ3n) is 4.33. The highest BCUT2D eigenvalue weighted by Crippen LogP contribution is 2.24. The Balaban J connectivity index is 1.68. The molecule has 2 amide bonds. The summed E-state index contributed by atoms with van der Waals surface area (Å²) in [6, 6.07) is 4.37. The van der Waals surface area contributed by atoms with Gasteiger partial charge in [-0.25, -0.2) is 4.79 Å². The van der Waals surface area contributed by atoms with Crippen molar-refractivity contribution in [1.82, 2.24) is 14.8 Å². The number of benzene rings is 1. The standard InChI is InChI=1S/C18H22N4O5/c1-18(2,3)27-17(24)21-8-6-20(7-9-21)16(23)14-11-19-15-10-12(22(25)26)4-5-13(14)15/h4-5,10-11,19H,6-9H2,1-3H3. The average Bonchev–Trinajstić information content (AvgIpc) is 3.02. The van der Waals surface area contributed by atoms with Crippen molar-refractivity contribution in [3.8, 4) is 0 Å². The molecule has 9 heteroatoms. The number of aromatic amines is 1. The zero-order valence-electron chi connectivity index (χ0n) is 15.5. The maximum atomic E-state index is 12.8. The van der Waals surface area contributed by atoms with Gasteiger partial charge in [-0.1, -0.05) is 0 Å². The molecular formula is C18H22N4O5. The van der Waals surface area contributed by atoms with Gasteiger partial charge in [0.05, 0.1) is 16.0 Å². The number of nitrogens with zero attached hydrogens (tertiary/aromatic N) is 3. The maximum Gasteiger partial charge on any atom is 0.410 e. The van der Waals surface area contributed by atoms with Crippen LogP contribution in [-0.4, -0.2) is 63.5 Å². The number of piperazine rings is 1. The van der Waals surface area contributed by atoms with Crippen molar-refractivity contribution in [2.24, 2.45) is 0 Å². The summed E-state index contributed by atoms with van der Waals surface area (Å²) in [5, 5.41) is 11.5. The summed E-state index contributed by atoms with van der Waals surface area (Å²) in [7, 11) is 0. The lowest BCUT2D eigenvalue weighted by molar-refractivity contribution is -0.384. The van der Waals surface area contributed by atoms with E-state index in [1.807, 2.05) is 20.8 Å². The van der Waals surface area contributed by atoms with E-state index in [9.17, 15) is 19.7 Å². The van der Waals surface area contributed by atoms with E-state index in [0.29, 0.717) is 42.6 Å². The van der Waals surface area contributed by atoms with Crippen LogP contribution >= 0.6 is 0 Å². The van der Waals surface area contributed by atoms with Gasteiger partial charge in [0.25, 0.3) is 11.6 Å². The van der Waals surface area contributed by atoms with Gasteiger partial charge in [-0.2, -0.15) is 0 Å². The number of nitro groups is 1. The van der Waals surface area contributed by atoms with Gasteiger partial charge in [0.2, 0.25) is 0 Å². The molecule has 2 aromatic rings. The summed E-state index contributed by atoms with van der Waals surface area (Å²) in [5.41, 5.74) is 0.413. The van der Waals surface area contributed by atoms with Crippen LogP contribution in [0.3, 0.4) is 0 Å². The Kier molecular flexibility index (Phi) is 4.77. The van der Waals surface area contributed by atoms with Crippen LogP contribution in [0.1, 0.15) is 31.1 Å². The van der Waals surface area contributed by atoms with Gasteiger partial charge < -0.3 is 19.5 Å². The number of hydrogen-bond acceptors (Lipinski definition) is 5. The number of non-ortho nitro benzene ring substituents is 1. The Morgan fingerprint density at radius 3 is 2.37 bits per heavy atom. The minimum absolute atomic E-state index is 0.0330. The smallest absolute Gasteiger partial charge is 0.410 e. The van der Waals surface area contributed by atoms with Crippen molar-refractivity contribution in [2.75, 3.05) is 26.2 Å². The fraction of sp³-hybridized carbons (Fsp3) is 0.444. The summed E-state index contributed by atoms with van der Waals surface area (Å²) in [6.07, 6.45) is 1.19. The molecule has 1 aliphatic rings. The number of aromatic nitrogens is 1. The molecule has 0 bridgehead atoms. The molecule has 3 rings (SSSR count). The van der Waals surface area contributed by atoms with Crippen LogP contribution in [0.4, 0.5) is 10.5 Å². The van der Waals surface area contributed by atoms with E-state index < -0.39 is 10.5 Å². The largest absolute Gasteiger partial charge is 0.444 e. The second-order valence-corrected chi connectivity index (χ2v) is 7.45. The molecule has 0 unspecified atom stereocenters. The Morgan fingerprint density at radius 1 is 1.15 bits per heavy atom. The van der Waals surface area contributed by atoms with Gasteiger partial charge in [-0.05, 0) is 26.8 Å². The first kappa shape index (κ1) is 18.7. The number of ether oxygens (including phenoxy) is 1. The molecule has 1 N–H and O–H groups in total. The number of fused-ring (bicyclic) bond motifs is 1. The number of nitrogens with one attached hydrogen (secondary N) is 1. The molecule has 144 valence electrons. The van der Waals surface area contributed by atoms with E-state index >= 15 is 0 Å². The third kappa shape index (κ3) is 4.02. The zero-order valence-corrected chi connectivity index (χ0v) is 15.5. The predicted octanol–water partition coefficient (Wildman–Crippen LogP) is 2.77. The molecule has 1 aliphatic heterocycles. The van der Waals surface area contributed by atoms with Crippen LogP contribution < -0.4 is 0 Å². The number of H-pyrrole nitrogens is 1. The topological polar surface area (TPSA) is 109 Å². The van der Waals surface area contributed by atoms with Gasteiger partial charge in [-0.3, -0.25) is 14.9 Å². The molecule has 9 nitrogen and oxygen atoms in total. The Bertz CT molecular complexity index is 891. The fourth-order valence-electron chi connectivity index (χ4n) is 2.99. The normalized spacial score (nSPS) is 15.1. The first-order chi connectivity index (χ1) is 12.7. The Morgan fingerprint density at radius 2 is 1.78 bits per heavy atom. The fourth-order valence-corrected chi connectivity index (χ4v) is 2.99. The number of rotatable bonds is 2. The van der Waals surface area contributed by atoms with E-state index in [1.54, 1.807) is 22.1 Å². The predicted molar refractivity (Wildman–Crippen MR) is 98.7 cm³/mol. The molecule has 0 radical (unpaired) electrons. The van der Waals surface area contributed by atoms with Crippen LogP contribution in [0, 0.1) is 10.1 Å². The molecule has 1 saturated heterocycles. The first-order valence-corrected chi connectivity index (χ1v) is 8.68. The lowest BCUT2D eigenvalue weighted by Gasteiger charge is -2.35. The molecule has 0 aliphatic carbocycles. The van der Waals surface area contributed by atoms with Gasteiger partial charge in [0.1, 0.15) is 5.60 Å². The van der Waals surface area contributed by atoms with Crippen molar-refractivity contribution in [3.05, 3.63) is 40.1 Å². The lowest BCUT2D eigenvalue weighted by Crippen LogP contribution is -2.51. The molecule has 2 heterocycles. The molecular weight excluding hydrogens is 352 g/mol. The highest BCUT2D eigenvalue weighted by Gasteiger charge is 2.29. The van der Waals surface area contributed by atoms with Crippen LogP contribution in [0.15, 0.2) is 24.4 Å². The second-order valence-electron chi connectivity index (χ2n) is 7.45. The average molecular weight is 374 g/mol. The van der Waals surface area contributed by atoms with Crippen molar-refractivity contribution in [3.63, 3.8) is 0 Å². The van der Waals surface area contributed by atoms with E-state index in [-0.39, 0.29) is 17.7 Å². The zero-order chi connectivity index (χ0) is 19.8. The van der Waals surface area contributed by atoms with Crippen molar-refractivity contribution < 1.29 is 19.2 Å². The number of hydrogen-bond donors (Lipinski definition) is 1. The van der Waals surface area contributed by atoms with E-state index in [4.69, 9.17) is 4.74 Å². The van der Waals surface area contributed by atoms with Crippen molar-refractivity contribution in [2.45, 2.75) is 26.4 Å².